The van der Waals surface area contributed by atoms with Crippen molar-refractivity contribution >= 4 is 5.69 Å². The highest BCUT2D eigenvalue weighted by Crippen LogP contribution is 2.16. The second kappa shape index (κ2) is 3.44. The number of nitrogens with one attached hydrogen (secondary N) is 1. The van der Waals surface area contributed by atoms with E-state index in [0.717, 1.165) is 11.3 Å². The van der Waals surface area contributed by atoms with Crippen LogP contribution in [0.15, 0.2) is 18.5 Å². The number of hydrogen-bond donors (Lipinski definition) is 1. The molecule has 0 aromatic carbocycles. The summed E-state index contributed by atoms with van der Waals surface area (Å²) in [5.74, 6) is 0. The summed E-state index contributed by atoms with van der Waals surface area (Å²) in [7, 11) is 0. The van der Waals surface area contributed by atoms with Gasteiger partial charge >= 0.3 is 0 Å². The van der Waals surface area contributed by atoms with Gasteiger partial charge in [-0.05, 0) is 32.4 Å². The Labute approximate surface area is 78.4 Å². The average molecular weight is 175 g/mol. The first-order valence-corrected chi connectivity index (χ1v) is 4.15. The van der Waals surface area contributed by atoms with E-state index in [2.05, 4.69) is 16.4 Å². The lowest BCUT2D eigenvalue weighted by atomic mass is 10.1. The molecule has 68 valence electrons. The van der Waals surface area contributed by atoms with Gasteiger partial charge in [-0.2, -0.15) is 5.26 Å². The Bertz CT molecular complexity index is 336. The van der Waals surface area contributed by atoms with Gasteiger partial charge in [0.05, 0.1) is 18.0 Å². The number of rotatable bonds is 2. The molecule has 1 heterocycles. The van der Waals surface area contributed by atoms with Gasteiger partial charge in [0.15, 0.2) is 0 Å². The van der Waals surface area contributed by atoms with Gasteiger partial charge in [-0.3, -0.25) is 4.98 Å². The van der Waals surface area contributed by atoms with Gasteiger partial charge in [-0.15, -0.1) is 0 Å². The molecule has 0 atom stereocenters. The monoisotopic (exact) mass is 175 g/mol. The zero-order valence-electron chi connectivity index (χ0n) is 8.13. The Morgan fingerprint density at radius 1 is 1.54 bits per heavy atom. The molecule has 0 unspecified atom stereocenters. The topological polar surface area (TPSA) is 48.7 Å². The Balaban J connectivity index is 2.88. The summed E-state index contributed by atoms with van der Waals surface area (Å²) in [6.07, 6.45) is 3.47. The molecular weight excluding hydrogens is 162 g/mol. The predicted octanol–water partition coefficient (Wildman–Crippen LogP) is 2.10. The lowest BCUT2D eigenvalue weighted by Crippen LogP contribution is -2.28. The summed E-state index contributed by atoms with van der Waals surface area (Å²) in [5.41, 5.74) is 1.46. The van der Waals surface area contributed by atoms with Crippen LogP contribution in [0, 0.1) is 18.3 Å². The van der Waals surface area contributed by atoms with Crippen LogP contribution in [-0.2, 0) is 0 Å². The van der Waals surface area contributed by atoms with E-state index in [9.17, 15) is 0 Å². The first kappa shape index (κ1) is 9.53. The van der Waals surface area contributed by atoms with Crippen LogP contribution in [0.2, 0.25) is 0 Å². The second-order valence-electron chi connectivity index (χ2n) is 3.55. The Hall–Kier alpha value is -1.56. The zero-order chi connectivity index (χ0) is 9.90. The predicted molar refractivity (Wildman–Crippen MR) is 52.3 cm³/mol. The molecule has 1 N–H and O–H groups in total. The van der Waals surface area contributed by atoms with Crippen LogP contribution in [0.25, 0.3) is 0 Å². The third kappa shape index (κ3) is 2.45. The van der Waals surface area contributed by atoms with Crippen LogP contribution >= 0.6 is 0 Å². The maximum Gasteiger partial charge on any atom is 0.119 e. The van der Waals surface area contributed by atoms with E-state index < -0.39 is 5.54 Å². The first-order valence-electron chi connectivity index (χ1n) is 4.15. The highest BCUT2D eigenvalue weighted by molar-refractivity contribution is 5.51. The third-order valence-corrected chi connectivity index (χ3v) is 1.77. The van der Waals surface area contributed by atoms with Crippen molar-refractivity contribution < 1.29 is 0 Å². The number of aryl methyl sites for hydroxylation is 1. The van der Waals surface area contributed by atoms with Crippen LogP contribution in [0.5, 0.6) is 0 Å². The van der Waals surface area contributed by atoms with Crippen LogP contribution in [-0.4, -0.2) is 10.5 Å². The molecule has 1 aromatic rings. The van der Waals surface area contributed by atoms with Crippen LogP contribution in [0.4, 0.5) is 5.69 Å². The molecule has 0 fully saturated rings. The number of aromatic nitrogens is 1. The standard InChI is InChI=1S/C10H13N3/c1-8-4-5-12-6-9(8)13-10(2,3)7-11/h4-6,13H,1-3H3. The molecular formula is C10H13N3. The first-order chi connectivity index (χ1) is 6.05. The van der Waals surface area contributed by atoms with E-state index in [-0.39, 0.29) is 0 Å². The maximum atomic E-state index is 8.81. The molecule has 0 saturated carbocycles. The lowest BCUT2D eigenvalue weighted by molar-refractivity contribution is 0.727. The van der Waals surface area contributed by atoms with E-state index in [0.29, 0.717) is 0 Å². The van der Waals surface area contributed by atoms with Crippen LogP contribution in [0.3, 0.4) is 0 Å². The number of pyridine rings is 1. The highest BCUT2D eigenvalue weighted by Gasteiger charge is 2.16. The Morgan fingerprint density at radius 2 is 2.23 bits per heavy atom. The number of hydrogen-bond acceptors (Lipinski definition) is 3. The highest BCUT2D eigenvalue weighted by atomic mass is 15.0. The normalized spacial score (nSPS) is 10.6. The molecule has 0 saturated heterocycles. The molecule has 0 spiro atoms. The lowest BCUT2D eigenvalue weighted by Gasteiger charge is -2.19. The number of nitrogens with zero attached hydrogens (tertiary/aromatic N) is 2. The van der Waals surface area contributed by atoms with Gasteiger partial charge in [0.25, 0.3) is 0 Å². The van der Waals surface area contributed by atoms with Crippen molar-refractivity contribution in [2.45, 2.75) is 26.3 Å². The quantitative estimate of drug-likeness (QED) is 0.748. The molecule has 0 aliphatic rings. The molecule has 0 radical (unpaired) electrons. The molecule has 0 amide bonds. The van der Waals surface area contributed by atoms with Crippen molar-refractivity contribution in [1.29, 1.82) is 5.26 Å². The van der Waals surface area contributed by atoms with E-state index in [1.807, 2.05) is 26.8 Å². The summed E-state index contributed by atoms with van der Waals surface area (Å²) >= 11 is 0. The molecule has 0 aliphatic carbocycles. The van der Waals surface area contributed by atoms with Crippen LogP contribution in [0.1, 0.15) is 19.4 Å². The van der Waals surface area contributed by atoms with Crippen LogP contribution < -0.4 is 5.32 Å². The van der Waals surface area contributed by atoms with Gasteiger partial charge in [0, 0.05) is 6.20 Å². The smallest absolute Gasteiger partial charge is 0.119 e. The van der Waals surface area contributed by atoms with E-state index in [1.165, 1.54) is 0 Å². The molecule has 3 nitrogen and oxygen atoms in total. The molecule has 3 heteroatoms. The minimum absolute atomic E-state index is 0.548. The molecule has 1 aromatic heterocycles. The van der Waals surface area contributed by atoms with Crippen molar-refractivity contribution in [3.05, 3.63) is 24.0 Å². The minimum Gasteiger partial charge on any atom is -0.366 e. The van der Waals surface area contributed by atoms with Crippen molar-refractivity contribution in [3.63, 3.8) is 0 Å². The summed E-state index contributed by atoms with van der Waals surface area (Å²) in [6, 6.07) is 4.09. The fraction of sp³-hybridized carbons (Fsp3) is 0.400. The largest absolute Gasteiger partial charge is 0.366 e. The molecule has 1 rings (SSSR count). The fourth-order valence-electron chi connectivity index (χ4n) is 0.959. The van der Waals surface area contributed by atoms with Gasteiger partial charge < -0.3 is 5.32 Å². The maximum absolute atomic E-state index is 8.81. The van der Waals surface area contributed by atoms with E-state index in [1.54, 1.807) is 12.4 Å². The number of nitriles is 1. The molecule has 0 bridgehead atoms. The van der Waals surface area contributed by atoms with Gasteiger partial charge in [0.2, 0.25) is 0 Å². The van der Waals surface area contributed by atoms with Crippen molar-refractivity contribution in [2.24, 2.45) is 0 Å². The average Bonchev–Trinajstić information content (AvgIpc) is 2.09. The summed E-state index contributed by atoms with van der Waals surface area (Å²) < 4.78 is 0. The molecule has 0 aliphatic heterocycles. The summed E-state index contributed by atoms with van der Waals surface area (Å²) in [4.78, 5) is 3.99. The Morgan fingerprint density at radius 3 is 2.77 bits per heavy atom. The third-order valence-electron chi connectivity index (χ3n) is 1.77. The SMILES string of the molecule is Cc1ccncc1NC(C)(C)C#N. The molecule has 13 heavy (non-hydrogen) atoms. The van der Waals surface area contributed by atoms with Gasteiger partial charge in [-0.1, -0.05) is 0 Å². The van der Waals surface area contributed by atoms with Crippen molar-refractivity contribution in [3.8, 4) is 6.07 Å². The van der Waals surface area contributed by atoms with Gasteiger partial charge in [-0.25, -0.2) is 0 Å². The van der Waals surface area contributed by atoms with Gasteiger partial charge in [0.1, 0.15) is 5.54 Å². The Kier molecular flexibility index (Phi) is 2.52. The number of anilines is 1. The fourth-order valence-corrected chi connectivity index (χ4v) is 0.959. The zero-order valence-corrected chi connectivity index (χ0v) is 8.13. The van der Waals surface area contributed by atoms with E-state index in [4.69, 9.17) is 5.26 Å². The minimum atomic E-state index is -0.548. The summed E-state index contributed by atoms with van der Waals surface area (Å²) in [5, 5.41) is 11.9. The van der Waals surface area contributed by atoms with Crippen molar-refractivity contribution in [1.82, 2.24) is 4.98 Å². The van der Waals surface area contributed by atoms with Crippen molar-refractivity contribution in [2.75, 3.05) is 5.32 Å². The summed E-state index contributed by atoms with van der Waals surface area (Å²) in [6.45, 7) is 5.65. The second-order valence-corrected chi connectivity index (χ2v) is 3.55. The van der Waals surface area contributed by atoms with E-state index >= 15 is 0 Å².